The topological polar surface area (TPSA) is 29.5 Å². The van der Waals surface area contributed by atoms with Gasteiger partial charge in [-0.1, -0.05) is 29.8 Å². The number of hydrogen-bond acceptors (Lipinski definition) is 2. The van der Waals surface area contributed by atoms with Crippen LogP contribution in [-0.4, -0.2) is 11.5 Å². The van der Waals surface area contributed by atoms with Gasteiger partial charge in [-0.2, -0.15) is 0 Å². The van der Waals surface area contributed by atoms with Gasteiger partial charge in [-0.25, -0.2) is 0 Å². The van der Waals surface area contributed by atoms with Crippen molar-refractivity contribution in [2.45, 2.75) is 13.3 Å². The Bertz CT molecular complexity index is 574. The van der Waals surface area contributed by atoms with Crippen molar-refractivity contribution in [1.29, 1.82) is 0 Å². The van der Waals surface area contributed by atoms with Crippen molar-refractivity contribution in [3.63, 3.8) is 0 Å². The van der Waals surface area contributed by atoms with E-state index in [0.717, 1.165) is 11.6 Å². The first-order valence-electron chi connectivity index (χ1n) is 5.51. The van der Waals surface area contributed by atoms with Crippen molar-refractivity contribution in [3.8, 4) is 22.6 Å². The van der Waals surface area contributed by atoms with Crippen molar-refractivity contribution in [2.75, 3.05) is 0 Å². The molecule has 2 aromatic rings. The van der Waals surface area contributed by atoms with Crippen molar-refractivity contribution >= 4 is 0 Å². The van der Waals surface area contributed by atoms with Crippen LogP contribution in [0.4, 0.5) is 13.2 Å². The second-order valence-electron chi connectivity index (χ2n) is 4.09. The number of rotatable bonds is 2. The predicted octanol–water partition coefficient (Wildman–Crippen LogP) is 4.27. The predicted molar refractivity (Wildman–Crippen MR) is 65.0 cm³/mol. The largest absolute Gasteiger partial charge is 0.573 e. The molecule has 2 aromatic carbocycles. The molecular weight excluding hydrogens is 257 g/mol. The summed E-state index contributed by atoms with van der Waals surface area (Å²) in [7, 11) is 0. The summed E-state index contributed by atoms with van der Waals surface area (Å²) in [5.41, 5.74) is 1.86. The Morgan fingerprint density at radius 3 is 2.21 bits per heavy atom. The Morgan fingerprint density at radius 1 is 1.00 bits per heavy atom. The lowest BCUT2D eigenvalue weighted by Crippen LogP contribution is -2.17. The maximum absolute atomic E-state index is 12.3. The highest BCUT2D eigenvalue weighted by Crippen LogP contribution is 2.36. The molecular formula is C14H11F3O2. The smallest absolute Gasteiger partial charge is 0.508 e. The number of benzene rings is 2. The number of aryl methyl sites for hydroxylation is 1. The first-order valence-corrected chi connectivity index (χ1v) is 5.51. The monoisotopic (exact) mass is 268 g/mol. The van der Waals surface area contributed by atoms with Gasteiger partial charge in [0, 0.05) is 11.6 Å². The molecule has 0 saturated carbocycles. The average molecular weight is 268 g/mol. The molecule has 2 rings (SSSR count). The van der Waals surface area contributed by atoms with Gasteiger partial charge in [0.1, 0.15) is 11.5 Å². The van der Waals surface area contributed by atoms with Gasteiger partial charge in [0.05, 0.1) is 0 Å². The van der Waals surface area contributed by atoms with E-state index in [2.05, 4.69) is 4.74 Å². The Labute approximate surface area is 108 Å². The summed E-state index contributed by atoms with van der Waals surface area (Å²) in [6, 6.07) is 10.6. The van der Waals surface area contributed by atoms with Crippen LogP contribution in [0.5, 0.6) is 11.5 Å². The summed E-state index contributed by atoms with van der Waals surface area (Å²) < 4.78 is 40.9. The first kappa shape index (κ1) is 13.3. The van der Waals surface area contributed by atoms with E-state index in [-0.39, 0.29) is 11.3 Å². The maximum atomic E-state index is 12.3. The molecule has 0 spiro atoms. The number of phenolic OH excluding ortho intramolecular Hbond substituents is 1. The molecule has 19 heavy (non-hydrogen) atoms. The third-order valence-corrected chi connectivity index (χ3v) is 2.55. The van der Waals surface area contributed by atoms with Gasteiger partial charge in [-0.05, 0) is 24.6 Å². The maximum Gasteiger partial charge on any atom is 0.573 e. The number of phenols is 1. The van der Waals surface area contributed by atoms with E-state index < -0.39 is 12.1 Å². The van der Waals surface area contributed by atoms with Crippen molar-refractivity contribution in [2.24, 2.45) is 0 Å². The van der Waals surface area contributed by atoms with Crippen LogP contribution in [0.3, 0.4) is 0 Å². The van der Waals surface area contributed by atoms with Gasteiger partial charge in [-0.15, -0.1) is 13.2 Å². The van der Waals surface area contributed by atoms with Crippen molar-refractivity contribution < 1.29 is 23.0 Å². The van der Waals surface area contributed by atoms with E-state index >= 15 is 0 Å². The molecule has 0 fully saturated rings. The zero-order valence-corrected chi connectivity index (χ0v) is 10.0. The van der Waals surface area contributed by atoms with Crippen molar-refractivity contribution in [3.05, 3.63) is 48.0 Å². The molecule has 0 atom stereocenters. The van der Waals surface area contributed by atoms with Gasteiger partial charge < -0.3 is 9.84 Å². The molecule has 0 unspecified atom stereocenters. The van der Waals surface area contributed by atoms with Gasteiger partial charge >= 0.3 is 6.36 Å². The van der Waals surface area contributed by atoms with Crippen LogP contribution in [0.15, 0.2) is 42.5 Å². The van der Waals surface area contributed by atoms with Gasteiger partial charge in [0.15, 0.2) is 0 Å². The molecule has 0 bridgehead atoms. The summed E-state index contributed by atoms with van der Waals surface area (Å²) in [4.78, 5) is 0. The van der Waals surface area contributed by atoms with Crippen LogP contribution < -0.4 is 4.74 Å². The number of alkyl halides is 3. The van der Waals surface area contributed by atoms with Crippen LogP contribution in [0, 0.1) is 6.92 Å². The molecule has 0 aromatic heterocycles. The minimum absolute atomic E-state index is 0.273. The third kappa shape index (κ3) is 3.40. The molecule has 0 heterocycles. The van der Waals surface area contributed by atoms with E-state index in [9.17, 15) is 18.3 Å². The highest BCUT2D eigenvalue weighted by Gasteiger charge is 2.32. The standard InChI is InChI=1S/C14H11F3O2/c1-9-2-4-10(5-3-9)12-7-6-11(18)8-13(12)19-14(15,16)17/h2-8,18H,1H3. The van der Waals surface area contributed by atoms with Crippen LogP contribution in [-0.2, 0) is 0 Å². The quantitative estimate of drug-likeness (QED) is 0.881. The molecule has 0 aliphatic heterocycles. The molecule has 0 aliphatic carbocycles. The van der Waals surface area contributed by atoms with Crippen LogP contribution in [0.2, 0.25) is 0 Å². The lowest BCUT2D eigenvalue weighted by Gasteiger charge is -2.14. The molecule has 0 aliphatic rings. The lowest BCUT2D eigenvalue weighted by atomic mass is 10.0. The highest BCUT2D eigenvalue weighted by atomic mass is 19.4. The molecule has 1 N–H and O–H groups in total. The summed E-state index contributed by atoms with van der Waals surface area (Å²) in [5.74, 6) is -0.702. The zero-order chi connectivity index (χ0) is 14.0. The second kappa shape index (κ2) is 4.84. The summed E-state index contributed by atoms with van der Waals surface area (Å²) >= 11 is 0. The molecule has 5 heteroatoms. The fourth-order valence-corrected chi connectivity index (χ4v) is 1.69. The van der Waals surface area contributed by atoms with E-state index in [1.807, 2.05) is 6.92 Å². The van der Waals surface area contributed by atoms with Crippen molar-refractivity contribution in [1.82, 2.24) is 0 Å². The first-order chi connectivity index (χ1) is 8.85. The molecule has 0 radical (unpaired) electrons. The minimum Gasteiger partial charge on any atom is -0.508 e. The summed E-state index contributed by atoms with van der Waals surface area (Å²) in [5, 5.41) is 9.28. The number of hydrogen-bond donors (Lipinski definition) is 1. The van der Waals surface area contributed by atoms with Gasteiger partial charge in [0.25, 0.3) is 0 Å². The zero-order valence-electron chi connectivity index (χ0n) is 10.0. The Hall–Kier alpha value is -2.17. The SMILES string of the molecule is Cc1ccc(-c2ccc(O)cc2OC(F)(F)F)cc1. The lowest BCUT2D eigenvalue weighted by molar-refractivity contribution is -0.274. The third-order valence-electron chi connectivity index (χ3n) is 2.55. The molecule has 0 amide bonds. The van der Waals surface area contributed by atoms with E-state index in [0.29, 0.717) is 5.56 Å². The van der Waals surface area contributed by atoms with Crippen LogP contribution in [0.25, 0.3) is 11.1 Å². The minimum atomic E-state index is -4.80. The van der Waals surface area contributed by atoms with E-state index in [1.54, 1.807) is 24.3 Å². The Balaban J connectivity index is 2.47. The fraction of sp³-hybridized carbons (Fsp3) is 0.143. The summed E-state index contributed by atoms with van der Waals surface area (Å²) in [6.45, 7) is 1.88. The van der Waals surface area contributed by atoms with E-state index in [4.69, 9.17) is 0 Å². The molecule has 100 valence electrons. The molecule has 0 saturated heterocycles. The summed E-state index contributed by atoms with van der Waals surface area (Å²) in [6.07, 6.45) is -4.80. The Kier molecular flexibility index (Phi) is 3.38. The van der Waals surface area contributed by atoms with Gasteiger partial charge in [0.2, 0.25) is 0 Å². The average Bonchev–Trinajstić information content (AvgIpc) is 2.29. The van der Waals surface area contributed by atoms with Crippen LogP contribution >= 0.6 is 0 Å². The fourth-order valence-electron chi connectivity index (χ4n) is 1.69. The second-order valence-corrected chi connectivity index (χ2v) is 4.09. The molecule has 2 nitrogen and oxygen atoms in total. The number of halogens is 3. The normalized spacial score (nSPS) is 11.4. The number of aromatic hydroxyl groups is 1. The van der Waals surface area contributed by atoms with Gasteiger partial charge in [-0.3, -0.25) is 0 Å². The van der Waals surface area contributed by atoms with E-state index in [1.165, 1.54) is 12.1 Å². The highest BCUT2D eigenvalue weighted by molar-refractivity contribution is 5.71. The Morgan fingerprint density at radius 2 is 1.63 bits per heavy atom. The van der Waals surface area contributed by atoms with Crippen LogP contribution in [0.1, 0.15) is 5.56 Å². The number of ether oxygens (including phenoxy) is 1.